The van der Waals surface area contributed by atoms with Gasteiger partial charge in [0.25, 0.3) is 10.0 Å². The van der Waals surface area contributed by atoms with Gasteiger partial charge in [-0.25, -0.2) is 13.2 Å². The number of nitriles is 1. The molecule has 0 unspecified atom stereocenters. The summed E-state index contributed by atoms with van der Waals surface area (Å²) >= 11 is 0. The Kier molecular flexibility index (Phi) is 5.18. The van der Waals surface area contributed by atoms with Gasteiger partial charge in [0, 0.05) is 18.4 Å². The highest BCUT2D eigenvalue weighted by Crippen LogP contribution is 2.28. The first kappa shape index (κ1) is 18.5. The number of nitrogens with zero attached hydrogens (tertiary/aromatic N) is 2. The molecule has 1 N–H and O–H groups in total. The third-order valence-corrected chi connectivity index (χ3v) is 5.46. The van der Waals surface area contributed by atoms with Crippen molar-refractivity contribution in [3.8, 4) is 6.07 Å². The molecule has 2 rings (SSSR count). The number of carbonyl (C=O) groups is 1. The van der Waals surface area contributed by atoms with E-state index >= 15 is 0 Å². The van der Waals surface area contributed by atoms with Crippen LogP contribution in [0.5, 0.6) is 0 Å². The maximum absolute atomic E-state index is 12.9. The molecule has 0 atom stereocenters. The van der Waals surface area contributed by atoms with E-state index in [1.807, 2.05) is 6.07 Å². The monoisotopic (exact) mass is 361 g/mol. The van der Waals surface area contributed by atoms with Crippen LogP contribution < -0.4 is 4.72 Å². The lowest BCUT2D eigenvalue weighted by Crippen LogP contribution is -2.18. The third-order valence-electron chi connectivity index (χ3n) is 3.92. The zero-order chi connectivity index (χ0) is 18.8. The molecule has 1 aromatic carbocycles. The number of nitrogens with one attached hydrogen (secondary N) is 1. The van der Waals surface area contributed by atoms with Crippen molar-refractivity contribution >= 4 is 21.7 Å². The van der Waals surface area contributed by atoms with Crippen LogP contribution >= 0.6 is 0 Å². The van der Waals surface area contributed by atoms with E-state index in [4.69, 9.17) is 10.00 Å². The number of benzene rings is 1. The first-order chi connectivity index (χ1) is 11.7. The van der Waals surface area contributed by atoms with Crippen molar-refractivity contribution in [3.63, 3.8) is 0 Å². The largest absolute Gasteiger partial charge is 0.462 e. The zero-order valence-electron chi connectivity index (χ0n) is 14.5. The number of ether oxygens (including phenoxy) is 1. The van der Waals surface area contributed by atoms with E-state index in [9.17, 15) is 13.2 Å². The highest BCUT2D eigenvalue weighted by atomic mass is 32.2. The lowest BCUT2D eigenvalue weighted by molar-refractivity contribution is 0.0521. The van der Waals surface area contributed by atoms with Gasteiger partial charge in [0.05, 0.1) is 23.9 Å². The summed E-state index contributed by atoms with van der Waals surface area (Å²) in [4.78, 5) is 12.2. The van der Waals surface area contributed by atoms with Crippen molar-refractivity contribution in [2.75, 3.05) is 11.3 Å². The Hall–Kier alpha value is -2.79. The summed E-state index contributed by atoms with van der Waals surface area (Å²) in [7, 11) is -2.36. The number of rotatable bonds is 5. The first-order valence-electron chi connectivity index (χ1n) is 7.59. The van der Waals surface area contributed by atoms with E-state index in [1.54, 1.807) is 44.5 Å². The maximum atomic E-state index is 12.9. The summed E-state index contributed by atoms with van der Waals surface area (Å²) in [5, 5.41) is 8.95. The SMILES string of the molecule is CCOC(=O)c1c(S(=O)(=O)Nc2cccc(C#N)c2)c(C)n(C)c1C. The molecule has 0 fully saturated rings. The lowest BCUT2D eigenvalue weighted by atomic mass is 10.2. The molecule has 132 valence electrons. The second kappa shape index (κ2) is 6.99. The van der Waals surface area contributed by atoms with Gasteiger partial charge < -0.3 is 9.30 Å². The summed E-state index contributed by atoms with van der Waals surface area (Å²) in [6, 6.07) is 8.05. The molecular weight excluding hydrogens is 342 g/mol. The van der Waals surface area contributed by atoms with Crippen LogP contribution in [0.3, 0.4) is 0 Å². The fraction of sp³-hybridized carbons (Fsp3) is 0.294. The number of carbonyl (C=O) groups excluding carboxylic acids is 1. The van der Waals surface area contributed by atoms with Crippen LogP contribution in [0.1, 0.15) is 34.2 Å². The molecule has 0 amide bonds. The van der Waals surface area contributed by atoms with Crippen molar-refractivity contribution in [1.29, 1.82) is 5.26 Å². The predicted octanol–water partition coefficient (Wildman–Crippen LogP) is 2.49. The molecule has 25 heavy (non-hydrogen) atoms. The molecular formula is C17H19N3O4S. The van der Waals surface area contributed by atoms with Gasteiger partial charge in [0.1, 0.15) is 10.5 Å². The highest BCUT2D eigenvalue weighted by molar-refractivity contribution is 7.92. The average molecular weight is 361 g/mol. The van der Waals surface area contributed by atoms with Crippen molar-refractivity contribution in [2.24, 2.45) is 7.05 Å². The second-order valence-electron chi connectivity index (χ2n) is 5.45. The standard InChI is InChI=1S/C17H19N3O4S/c1-5-24-17(21)15-11(2)20(4)12(3)16(15)25(22,23)19-14-8-6-7-13(9-14)10-18/h6-9,19H,5H2,1-4H3. The van der Waals surface area contributed by atoms with Gasteiger partial charge in [-0.1, -0.05) is 6.07 Å². The van der Waals surface area contributed by atoms with Crippen molar-refractivity contribution in [3.05, 3.63) is 46.8 Å². The highest BCUT2D eigenvalue weighted by Gasteiger charge is 2.31. The second-order valence-corrected chi connectivity index (χ2v) is 7.07. The Bertz CT molecular complexity index is 969. The summed E-state index contributed by atoms with van der Waals surface area (Å²) < 4.78 is 34.9. The molecule has 0 saturated heterocycles. The van der Waals surface area contributed by atoms with Crippen molar-refractivity contribution < 1.29 is 17.9 Å². The minimum absolute atomic E-state index is 0.0192. The molecule has 0 spiro atoms. The minimum Gasteiger partial charge on any atom is -0.462 e. The van der Waals surface area contributed by atoms with Gasteiger partial charge in [-0.3, -0.25) is 4.72 Å². The molecule has 1 aromatic heterocycles. The number of hydrogen-bond donors (Lipinski definition) is 1. The zero-order valence-corrected chi connectivity index (χ0v) is 15.3. The van der Waals surface area contributed by atoms with Gasteiger partial charge in [0.15, 0.2) is 0 Å². The van der Waals surface area contributed by atoms with Crippen LogP contribution in [0.15, 0.2) is 29.2 Å². The van der Waals surface area contributed by atoms with Crippen LogP contribution in [0.2, 0.25) is 0 Å². The number of anilines is 1. The van der Waals surface area contributed by atoms with Gasteiger partial charge in [0.2, 0.25) is 0 Å². The van der Waals surface area contributed by atoms with Crippen LogP contribution in [-0.2, 0) is 21.8 Å². The minimum atomic E-state index is -4.05. The van der Waals surface area contributed by atoms with Crippen molar-refractivity contribution in [2.45, 2.75) is 25.7 Å². The smallest absolute Gasteiger partial charge is 0.341 e. The molecule has 0 aliphatic heterocycles. The molecule has 7 nitrogen and oxygen atoms in total. The Morgan fingerprint density at radius 1 is 1.32 bits per heavy atom. The van der Waals surface area contributed by atoms with Gasteiger partial charge in [-0.05, 0) is 39.0 Å². The molecule has 0 aliphatic rings. The Labute approximate surface area is 146 Å². The van der Waals surface area contributed by atoms with E-state index in [1.165, 1.54) is 12.1 Å². The molecule has 8 heteroatoms. The van der Waals surface area contributed by atoms with Gasteiger partial charge in [-0.2, -0.15) is 5.26 Å². The first-order valence-corrected chi connectivity index (χ1v) is 9.07. The fourth-order valence-electron chi connectivity index (χ4n) is 2.55. The maximum Gasteiger partial charge on any atom is 0.341 e. The van der Waals surface area contributed by atoms with E-state index < -0.39 is 16.0 Å². The van der Waals surface area contributed by atoms with E-state index in [0.717, 1.165) is 0 Å². The van der Waals surface area contributed by atoms with Crippen LogP contribution in [-0.4, -0.2) is 25.6 Å². The lowest BCUT2D eigenvalue weighted by Gasteiger charge is -2.10. The number of hydrogen-bond acceptors (Lipinski definition) is 5. The Morgan fingerprint density at radius 3 is 2.60 bits per heavy atom. The van der Waals surface area contributed by atoms with E-state index in [2.05, 4.69) is 4.72 Å². The predicted molar refractivity (Wildman–Crippen MR) is 92.8 cm³/mol. The number of sulfonamides is 1. The topological polar surface area (TPSA) is 101 Å². The summed E-state index contributed by atoms with van der Waals surface area (Å²) in [5.41, 5.74) is 1.51. The Balaban J connectivity index is 2.57. The summed E-state index contributed by atoms with van der Waals surface area (Å²) in [5.74, 6) is -0.685. The average Bonchev–Trinajstić information content (AvgIpc) is 2.79. The molecule has 1 heterocycles. The number of esters is 1. The van der Waals surface area contributed by atoms with E-state index in [-0.39, 0.29) is 22.8 Å². The van der Waals surface area contributed by atoms with E-state index in [0.29, 0.717) is 17.0 Å². The normalized spacial score (nSPS) is 11.0. The number of aromatic nitrogens is 1. The summed E-state index contributed by atoms with van der Waals surface area (Å²) in [6.07, 6.45) is 0. The van der Waals surface area contributed by atoms with Crippen LogP contribution in [0.4, 0.5) is 5.69 Å². The van der Waals surface area contributed by atoms with Crippen molar-refractivity contribution in [1.82, 2.24) is 4.57 Å². The fourth-order valence-corrected chi connectivity index (χ4v) is 4.11. The molecule has 0 aliphatic carbocycles. The Morgan fingerprint density at radius 2 is 2.00 bits per heavy atom. The molecule has 0 bridgehead atoms. The molecule has 2 aromatic rings. The molecule has 0 radical (unpaired) electrons. The molecule has 0 saturated carbocycles. The van der Waals surface area contributed by atoms with Crippen LogP contribution in [0.25, 0.3) is 0 Å². The third kappa shape index (κ3) is 3.51. The van der Waals surface area contributed by atoms with Gasteiger partial charge >= 0.3 is 5.97 Å². The summed E-state index contributed by atoms with van der Waals surface area (Å²) in [6.45, 7) is 5.08. The van der Waals surface area contributed by atoms with Crippen LogP contribution in [0, 0.1) is 25.2 Å². The quantitative estimate of drug-likeness (QED) is 0.825. The van der Waals surface area contributed by atoms with Gasteiger partial charge in [-0.15, -0.1) is 0 Å².